The minimum Gasteiger partial charge on any atom is -0.374 e. The SMILES string of the molecule is Cn1ccnc1C(O)(CCNC(=O)c1cccc(-n2nccc2-c2ccccc2)c1)C(F)(F)F. The van der Waals surface area contributed by atoms with Crippen LogP contribution in [0.5, 0.6) is 0 Å². The number of carbonyl (C=O) groups is 1. The predicted molar refractivity (Wildman–Crippen MR) is 119 cm³/mol. The Balaban J connectivity index is 1.50. The van der Waals surface area contributed by atoms with Gasteiger partial charge >= 0.3 is 6.18 Å². The second-order valence-corrected chi connectivity index (χ2v) is 7.77. The maximum atomic E-state index is 13.7. The quantitative estimate of drug-likeness (QED) is 0.431. The first kappa shape index (κ1) is 23.2. The van der Waals surface area contributed by atoms with Gasteiger partial charge in [-0.15, -0.1) is 0 Å². The first-order valence-electron chi connectivity index (χ1n) is 10.5. The standard InChI is InChI=1S/C24H22F3N5O2/c1-31-15-14-29-22(31)23(34,24(25,26)27)11-13-28-21(33)18-8-5-9-19(16-18)32-20(10-12-30-32)17-6-3-2-4-7-17/h2-10,12,14-16,34H,11,13H2,1H3,(H,28,33). The average Bonchev–Trinajstić information content (AvgIpc) is 3.48. The number of aryl methyl sites for hydroxylation is 1. The minimum absolute atomic E-state index is 0.250. The van der Waals surface area contributed by atoms with Gasteiger partial charge in [0.05, 0.1) is 17.6 Å². The van der Waals surface area contributed by atoms with Gasteiger partial charge in [0, 0.05) is 43.5 Å². The van der Waals surface area contributed by atoms with Gasteiger partial charge in [-0.05, 0) is 24.3 Å². The van der Waals surface area contributed by atoms with Crippen molar-refractivity contribution in [2.24, 2.45) is 7.05 Å². The third kappa shape index (κ3) is 4.44. The second kappa shape index (κ2) is 9.14. The summed E-state index contributed by atoms with van der Waals surface area (Å²) in [7, 11) is 1.36. The number of nitrogens with zero attached hydrogens (tertiary/aromatic N) is 4. The van der Waals surface area contributed by atoms with Crippen molar-refractivity contribution in [3.8, 4) is 16.9 Å². The highest BCUT2D eigenvalue weighted by Gasteiger charge is 2.57. The number of carbonyl (C=O) groups excluding carboxylic acids is 1. The van der Waals surface area contributed by atoms with E-state index < -0.39 is 36.5 Å². The monoisotopic (exact) mass is 469 g/mol. The van der Waals surface area contributed by atoms with Gasteiger partial charge in [-0.1, -0.05) is 36.4 Å². The average molecular weight is 469 g/mol. The summed E-state index contributed by atoms with van der Waals surface area (Å²) >= 11 is 0. The van der Waals surface area contributed by atoms with Gasteiger partial charge in [0.25, 0.3) is 5.91 Å². The van der Waals surface area contributed by atoms with Crippen LogP contribution >= 0.6 is 0 Å². The molecule has 2 N–H and O–H groups in total. The molecule has 2 aromatic carbocycles. The number of nitrogens with one attached hydrogen (secondary N) is 1. The number of imidazole rings is 1. The number of halogens is 3. The normalized spacial score (nSPS) is 13.4. The molecule has 2 heterocycles. The molecule has 0 fully saturated rings. The third-order valence-corrected chi connectivity index (χ3v) is 5.50. The van der Waals surface area contributed by atoms with E-state index in [0.717, 1.165) is 15.8 Å². The number of aromatic nitrogens is 4. The van der Waals surface area contributed by atoms with E-state index >= 15 is 0 Å². The number of aliphatic hydroxyl groups is 1. The molecule has 10 heteroatoms. The molecule has 1 amide bonds. The molecule has 0 radical (unpaired) electrons. The van der Waals surface area contributed by atoms with Gasteiger partial charge in [0.2, 0.25) is 5.60 Å². The molecule has 1 atom stereocenters. The molecule has 7 nitrogen and oxygen atoms in total. The number of rotatable bonds is 7. The fraction of sp³-hybridized carbons (Fsp3) is 0.208. The Labute approximate surface area is 193 Å². The summed E-state index contributed by atoms with van der Waals surface area (Å²) in [4.78, 5) is 16.3. The molecule has 176 valence electrons. The van der Waals surface area contributed by atoms with Crippen molar-refractivity contribution in [1.82, 2.24) is 24.6 Å². The number of hydrogen-bond acceptors (Lipinski definition) is 4. The molecular formula is C24H22F3N5O2. The topological polar surface area (TPSA) is 85.0 Å². The molecule has 0 bridgehead atoms. The van der Waals surface area contributed by atoms with Gasteiger partial charge in [-0.3, -0.25) is 4.79 Å². The van der Waals surface area contributed by atoms with Crippen LogP contribution < -0.4 is 5.32 Å². The molecule has 0 saturated carbocycles. The highest BCUT2D eigenvalue weighted by molar-refractivity contribution is 5.94. The lowest BCUT2D eigenvalue weighted by Gasteiger charge is -2.30. The summed E-state index contributed by atoms with van der Waals surface area (Å²) in [5, 5.41) is 17.2. The Morgan fingerprint density at radius 2 is 1.82 bits per heavy atom. The zero-order valence-corrected chi connectivity index (χ0v) is 18.2. The largest absolute Gasteiger partial charge is 0.424 e. The van der Waals surface area contributed by atoms with E-state index in [-0.39, 0.29) is 5.56 Å². The van der Waals surface area contributed by atoms with Crippen LogP contribution in [-0.2, 0) is 12.6 Å². The van der Waals surface area contributed by atoms with Crippen molar-refractivity contribution < 1.29 is 23.1 Å². The smallest absolute Gasteiger partial charge is 0.374 e. The van der Waals surface area contributed by atoms with Crippen LogP contribution in [-0.4, -0.2) is 43.1 Å². The molecule has 4 rings (SSSR count). The Kier molecular flexibility index (Phi) is 6.25. The van der Waals surface area contributed by atoms with Crippen LogP contribution in [0.15, 0.2) is 79.3 Å². The van der Waals surface area contributed by atoms with Gasteiger partial charge in [-0.2, -0.15) is 18.3 Å². The lowest BCUT2D eigenvalue weighted by molar-refractivity contribution is -0.272. The Morgan fingerprint density at radius 1 is 1.06 bits per heavy atom. The van der Waals surface area contributed by atoms with E-state index in [1.165, 1.54) is 19.4 Å². The Hall–Kier alpha value is -3.92. The third-order valence-electron chi connectivity index (χ3n) is 5.50. The number of benzene rings is 2. The molecule has 0 aliphatic rings. The van der Waals surface area contributed by atoms with E-state index in [0.29, 0.717) is 5.69 Å². The van der Waals surface area contributed by atoms with E-state index in [4.69, 9.17) is 0 Å². The fourth-order valence-corrected chi connectivity index (χ4v) is 3.72. The summed E-state index contributed by atoms with van der Waals surface area (Å²) in [6, 6.07) is 18.0. The summed E-state index contributed by atoms with van der Waals surface area (Å²) in [5.41, 5.74) is -0.560. The summed E-state index contributed by atoms with van der Waals surface area (Å²) in [6.45, 7) is -0.414. The van der Waals surface area contributed by atoms with Gasteiger partial charge in [-0.25, -0.2) is 9.67 Å². The number of alkyl halides is 3. The van der Waals surface area contributed by atoms with Crippen molar-refractivity contribution in [3.05, 3.63) is 90.6 Å². The lowest BCUT2D eigenvalue weighted by Crippen LogP contribution is -2.46. The molecular weight excluding hydrogens is 447 g/mol. The van der Waals surface area contributed by atoms with E-state index in [9.17, 15) is 23.1 Å². The van der Waals surface area contributed by atoms with Crippen LogP contribution in [0, 0.1) is 0 Å². The van der Waals surface area contributed by atoms with Crippen molar-refractivity contribution in [1.29, 1.82) is 0 Å². The maximum absolute atomic E-state index is 13.7. The molecule has 0 saturated heterocycles. The van der Waals surface area contributed by atoms with Crippen molar-refractivity contribution >= 4 is 5.91 Å². The zero-order chi connectivity index (χ0) is 24.3. The highest BCUT2D eigenvalue weighted by Crippen LogP contribution is 2.40. The van der Waals surface area contributed by atoms with E-state index in [2.05, 4.69) is 15.4 Å². The second-order valence-electron chi connectivity index (χ2n) is 7.77. The predicted octanol–water partition coefficient (Wildman–Crippen LogP) is 3.84. The molecule has 0 aliphatic carbocycles. The van der Waals surface area contributed by atoms with Crippen molar-refractivity contribution in [2.45, 2.75) is 18.2 Å². The van der Waals surface area contributed by atoms with E-state index in [1.807, 2.05) is 36.4 Å². The summed E-state index contributed by atoms with van der Waals surface area (Å²) in [6.07, 6.45) is -1.62. The van der Waals surface area contributed by atoms with Crippen molar-refractivity contribution in [3.63, 3.8) is 0 Å². The fourth-order valence-electron chi connectivity index (χ4n) is 3.72. The van der Waals surface area contributed by atoms with Crippen LogP contribution in [0.3, 0.4) is 0 Å². The van der Waals surface area contributed by atoms with Crippen LogP contribution in [0.4, 0.5) is 13.2 Å². The molecule has 0 aliphatic heterocycles. The number of hydrogen-bond donors (Lipinski definition) is 2. The summed E-state index contributed by atoms with van der Waals surface area (Å²) < 4.78 is 43.8. The van der Waals surface area contributed by atoms with Crippen LogP contribution in [0.2, 0.25) is 0 Å². The molecule has 2 aromatic heterocycles. The minimum atomic E-state index is -4.97. The lowest BCUT2D eigenvalue weighted by atomic mass is 9.97. The van der Waals surface area contributed by atoms with Gasteiger partial charge < -0.3 is 15.0 Å². The van der Waals surface area contributed by atoms with E-state index in [1.54, 1.807) is 35.1 Å². The van der Waals surface area contributed by atoms with Crippen LogP contribution in [0.1, 0.15) is 22.6 Å². The first-order chi connectivity index (χ1) is 16.2. The molecule has 0 spiro atoms. The molecule has 1 unspecified atom stereocenters. The molecule has 4 aromatic rings. The zero-order valence-electron chi connectivity index (χ0n) is 18.2. The van der Waals surface area contributed by atoms with Crippen molar-refractivity contribution in [2.75, 3.05) is 6.54 Å². The maximum Gasteiger partial charge on any atom is 0.424 e. The number of amides is 1. The van der Waals surface area contributed by atoms with Gasteiger partial charge in [0.15, 0.2) is 0 Å². The van der Waals surface area contributed by atoms with Gasteiger partial charge in [0.1, 0.15) is 5.82 Å². The summed E-state index contributed by atoms with van der Waals surface area (Å²) in [5.74, 6) is -1.11. The Bertz CT molecular complexity index is 1280. The first-order valence-corrected chi connectivity index (χ1v) is 10.5. The highest BCUT2D eigenvalue weighted by atomic mass is 19.4. The van der Waals surface area contributed by atoms with Crippen LogP contribution in [0.25, 0.3) is 16.9 Å². The Morgan fingerprint density at radius 3 is 2.50 bits per heavy atom. The molecule has 34 heavy (non-hydrogen) atoms.